The van der Waals surface area contributed by atoms with Crippen molar-refractivity contribution in [2.75, 3.05) is 10.6 Å². The number of para-hydroxylation sites is 3. The zero-order valence-corrected chi connectivity index (χ0v) is 15.2. The highest BCUT2D eigenvalue weighted by Gasteiger charge is 2.13. The van der Waals surface area contributed by atoms with Gasteiger partial charge in [-0.25, -0.2) is 4.98 Å². The van der Waals surface area contributed by atoms with Gasteiger partial charge < -0.3 is 15.6 Å². The second kappa shape index (κ2) is 7.36. The van der Waals surface area contributed by atoms with E-state index in [4.69, 9.17) is 0 Å². The summed E-state index contributed by atoms with van der Waals surface area (Å²) in [6, 6.07) is 22.0. The molecule has 0 bridgehead atoms. The van der Waals surface area contributed by atoms with Gasteiger partial charge in [0, 0.05) is 23.7 Å². The van der Waals surface area contributed by atoms with E-state index in [0.29, 0.717) is 22.8 Å². The molecule has 28 heavy (non-hydrogen) atoms. The predicted molar refractivity (Wildman–Crippen MR) is 110 cm³/mol. The number of imidazole rings is 1. The first-order valence-electron chi connectivity index (χ1n) is 8.83. The number of hydrogen-bond donors (Lipinski definition) is 3. The Morgan fingerprint density at radius 1 is 0.857 bits per heavy atom. The molecule has 6 nitrogen and oxygen atoms in total. The Kier molecular flexibility index (Phi) is 4.60. The molecule has 0 saturated carbocycles. The number of amides is 2. The maximum absolute atomic E-state index is 12.7. The molecule has 6 heteroatoms. The van der Waals surface area contributed by atoms with E-state index in [1.165, 1.54) is 6.92 Å². The van der Waals surface area contributed by atoms with Crippen LogP contribution in [0.1, 0.15) is 17.3 Å². The molecule has 4 rings (SSSR count). The van der Waals surface area contributed by atoms with Crippen LogP contribution in [-0.4, -0.2) is 21.8 Å². The number of benzene rings is 3. The quantitative estimate of drug-likeness (QED) is 0.496. The lowest BCUT2D eigenvalue weighted by Gasteiger charge is -2.10. The summed E-state index contributed by atoms with van der Waals surface area (Å²) in [4.78, 5) is 31.7. The van der Waals surface area contributed by atoms with Crippen LogP contribution in [-0.2, 0) is 4.79 Å². The van der Waals surface area contributed by atoms with Crippen LogP contribution in [0.15, 0.2) is 72.8 Å². The van der Waals surface area contributed by atoms with Gasteiger partial charge >= 0.3 is 0 Å². The molecule has 1 heterocycles. The highest BCUT2D eigenvalue weighted by Crippen LogP contribution is 2.28. The highest BCUT2D eigenvalue weighted by atomic mass is 16.2. The van der Waals surface area contributed by atoms with Gasteiger partial charge in [0.15, 0.2) is 0 Å². The van der Waals surface area contributed by atoms with E-state index in [0.717, 1.165) is 16.6 Å². The van der Waals surface area contributed by atoms with Crippen molar-refractivity contribution in [3.05, 3.63) is 78.4 Å². The van der Waals surface area contributed by atoms with Crippen molar-refractivity contribution in [3.8, 4) is 11.4 Å². The normalized spacial score (nSPS) is 10.6. The average Bonchev–Trinajstić information content (AvgIpc) is 3.12. The molecule has 138 valence electrons. The molecule has 3 N–H and O–H groups in total. The van der Waals surface area contributed by atoms with Gasteiger partial charge in [-0.1, -0.05) is 24.3 Å². The summed E-state index contributed by atoms with van der Waals surface area (Å²) in [6.45, 7) is 1.44. The molecule has 4 aromatic rings. The molecule has 3 aromatic carbocycles. The summed E-state index contributed by atoms with van der Waals surface area (Å²) in [5.41, 5.74) is 4.42. The van der Waals surface area contributed by atoms with Crippen molar-refractivity contribution in [3.63, 3.8) is 0 Å². The lowest BCUT2D eigenvalue weighted by molar-refractivity contribution is -0.114. The summed E-state index contributed by atoms with van der Waals surface area (Å²) in [5, 5.41) is 5.62. The van der Waals surface area contributed by atoms with Crippen molar-refractivity contribution in [1.29, 1.82) is 0 Å². The molecule has 0 unspecified atom stereocenters. The molecule has 0 radical (unpaired) electrons. The monoisotopic (exact) mass is 370 g/mol. The van der Waals surface area contributed by atoms with Gasteiger partial charge in [-0.15, -0.1) is 0 Å². The number of hydrogen-bond acceptors (Lipinski definition) is 3. The summed E-state index contributed by atoms with van der Waals surface area (Å²) in [6.07, 6.45) is 0. The zero-order chi connectivity index (χ0) is 19.5. The summed E-state index contributed by atoms with van der Waals surface area (Å²) < 4.78 is 0. The molecular weight excluding hydrogens is 352 g/mol. The van der Waals surface area contributed by atoms with Crippen LogP contribution in [0.3, 0.4) is 0 Å². The summed E-state index contributed by atoms with van der Waals surface area (Å²) >= 11 is 0. The maximum atomic E-state index is 12.7. The van der Waals surface area contributed by atoms with Crippen LogP contribution in [0.4, 0.5) is 11.4 Å². The minimum absolute atomic E-state index is 0.156. The molecular formula is C22H18N4O2. The van der Waals surface area contributed by atoms with Gasteiger partial charge in [-0.3, -0.25) is 9.59 Å². The van der Waals surface area contributed by atoms with E-state index >= 15 is 0 Å². The lowest BCUT2D eigenvalue weighted by Crippen LogP contribution is -2.13. The number of aromatic amines is 1. The Morgan fingerprint density at radius 3 is 2.32 bits per heavy atom. The first-order valence-corrected chi connectivity index (χ1v) is 8.83. The van der Waals surface area contributed by atoms with Crippen LogP contribution in [0.2, 0.25) is 0 Å². The molecule has 0 aliphatic carbocycles. The van der Waals surface area contributed by atoms with Gasteiger partial charge in [0.1, 0.15) is 5.82 Å². The number of aromatic nitrogens is 2. The topological polar surface area (TPSA) is 86.9 Å². The standard InChI is InChI=1S/C22H18N4O2/c1-14(27)23-16-12-10-15(11-13-16)22(28)26-18-7-3-2-6-17(18)21-24-19-8-4-5-9-20(19)25-21/h2-13H,1H3,(H,23,27)(H,24,25)(H,26,28). The molecule has 2 amide bonds. The smallest absolute Gasteiger partial charge is 0.255 e. The number of fused-ring (bicyclic) bond motifs is 1. The number of nitrogens with one attached hydrogen (secondary N) is 3. The van der Waals surface area contributed by atoms with E-state index in [2.05, 4.69) is 20.6 Å². The fourth-order valence-corrected chi connectivity index (χ4v) is 2.98. The third-order valence-corrected chi connectivity index (χ3v) is 4.29. The van der Waals surface area contributed by atoms with Crippen LogP contribution >= 0.6 is 0 Å². The Labute approximate surface area is 161 Å². The van der Waals surface area contributed by atoms with Gasteiger partial charge in [0.25, 0.3) is 5.91 Å². The van der Waals surface area contributed by atoms with Gasteiger partial charge in [0.05, 0.1) is 16.7 Å². The lowest BCUT2D eigenvalue weighted by atomic mass is 10.1. The Bertz CT molecular complexity index is 1130. The number of anilines is 2. The fourth-order valence-electron chi connectivity index (χ4n) is 2.98. The third-order valence-electron chi connectivity index (χ3n) is 4.29. The zero-order valence-electron chi connectivity index (χ0n) is 15.2. The van der Waals surface area contributed by atoms with Gasteiger partial charge in [0.2, 0.25) is 5.91 Å². The molecule has 0 saturated heterocycles. The molecule has 0 spiro atoms. The van der Waals surface area contributed by atoms with E-state index in [1.807, 2.05) is 48.5 Å². The first-order chi connectivity index (χ1) is 13.6. The molecule has 0 aliphatic heterocycles. The van der Waals surface area contributed by atoms with Crippen LogP contribution < -0.4 is 10.6 Å². The van der Waals surface area contributed by atoms with Crippen LogP contribution in [0, 0.1) is 0 Å². The minimum Gasteiger partial charge on any atom is -0.338 e. The van der Waals surface area contributed by atoms with Crippen LogP contribution in [0.5, 0.6) is 0 Å². The Hall–Kier alpha value is -3.93. The SMILES string of the molecule is CC(=O)Nc1ccc(C(=O)Nc2ccccc2-c2nc3ccccc3[nH]2)cc1. The van der Waals surface area contributed by atoms with E-state index in [-0.39, 0.29) is 11.8 Å². The first kappa shape index (κ1) is 17.5. The van der Waals surface area contributed by atoms with Gasteiger partial charge in [-0.05, 0) is 48.5 Å². The second-order valence-corrected chi connectivity index (χ2v) is 6.36. The predicted octanol–water partition coefficient (Wildman–Crippen LogP) is 4.44. The Morgan fingerprint density at radius 2 is 1.57 bits per heavy atom. The van der Waals surface area contributed by atoms with Gasteiger partial charge in [-0.2, -0.15) is 0 Å². The minimum atomic E-state index is -0.238. The molecule has 0 aliphatic rings. The number of carbonyl (C=O) groups is 2. The third kappa shape index (κ3) is 3.61. The number of carbonyl (C=O) groups excluding carboxylic acids is 2. The Balaban J connectivity index is 1.60. The summed E-state index contributed by atoms with van der Waals surface area (Å²) in [7, 11) is 0. The van der Waals surface area contributed by atoms with Crippen molar-refractivity contribution >= 4 is 34.2 Å². The summed E-state index contributed by atoms with van der Waals surface area (Å²) in [5.74, 6) is 0.299. The van der Waals surface area contributed by atoms with Crippen LogP contribution in [0.25, 0.3) is 22.4 Å². The number of rotatable bonds is 4. The fraction of sp³-hybridized carbons (Fsp3) is 0.0455. The number of nitrogens with zero attached hydrogens (tertiary/aromatic N) is 1. The average molecular weight is 370 g/mol. The molecule has 0 atom stereocenters. The highest BCUT2D eigenvalue weighted by molar-refractivity contribution is 6.06. The molecule has 1 aromatic heterocycles. The van der Waals surface area contributed by atoms with E-state index in [1.54, 1.807) is 24.3 Å². The largest absolute Gasteiger partial charge is 0.338 e. The molecule has 0 fully saturated rings. The van der Waals surface area contributed by atoms with Crippen molar-refractivity contribution in [1.82, 2.24) is 9.97 Å². The van der Waals surface area contributed by atoms with Crippen molar-refractivity contribution in [2.24, 2.45) is 0 Å². The van der Waals surface area contributed by atoms with E-state index < -0.39 is 0 Å². The van der Waals surface area contributed by atoms with Crippen molar-refractivity contribution in [2.45, 2.75) is 6.92 Å². The van der Waals surface area contributed by atoms with E-state index in [9.17, 15) is 9.59 Å². The number of H-pyrrole nitrogens is 1. The maximum Gasteiger partial charge on any atom is 0.255 e. The second-order valence-electron chi connectivity index (χ2n) is 6.36. The van der Waals surface area contributed by atoms with Crippen molar-refractivity contribution < 1.29 is 9.59 Å².